The molecule has 3 aromatic heterocycles. The van der Waals surface area contributed by atoms with Gasteiger partial charge in [-0.2, -0.15) is 10.4 Å². The molecular weight excluding hydrogens is 469 g/mol. The van der Waals surface area contributed by atoms with Crippen LogP contribution in [0.1, 0.15) is 57.5 Å². The third kappa shape index (κ3) is 4.34. The standard InChI is InChI=1S/C24H22FN7O4/c1-12(19(18-10-31(3)30-13(18)2)17-6-5-15(25)7-14(17)8-26)22-29-20(21(33)24(35)32(22)4)23(34)28-16-9-27-36-11-16/h5-7,9-12,19,33H,1-4H3,(H,28,34)/t12-,19+/m1/s1. The molecule has 1 amide bonds. The Morgan fingerprint density at radius 1 is 1.31 bits per heavy atom. The van der Waals surface area contributed by atoms with E-state index in [1.165, 1.54) is 31.6 Å². The predicted molar refractivity (Wildman–Crippen MR) is 125 cm³/mol. The fourth-order valence-electron chi connectivity index (χ4n) is 4.30. The van der Waals surface area contributed by atoms with Gasteiger partial charge in [0.2, 0.25) is 5.75 Å². The van der Waals surface area contributed by atoms with Crippen molar-refractivity contribution < 1.29 is 18.8 Å². The van der Waals surface area contributed by atoms with E-state index in [9.17, 15) is 24.3 Å². The average Bonchev–Trinajstić information content (AvgIpc) is 3.47. The fraction of sp³-hybridized carbons (Fsp3) is 0.250. The van der Waals surface area contributed by atoms with Gasteiger partial charge in [0.25, 0.3) is 11.5 Å². The molecule has 4 aromatic rings. The summed E-state index contributed by atoms with van der Waals surface area (Å²) in [4.78, 5) is 30.1. The van der Waals surface area contributed by atoms with Gasteiger partial charge >= 0.3 is 0 Å². The number of carbonyl (C=O) groups is 1. The second-order valence-electron chi connectivity index (χ2n) is 8.35. The largest absolute Gasteiger partial charge is 0.501 e. The Hall–Kier alpha value is -4.79. The first-order chi connectivity index (χ1) is 17.1. The molecule has 3 heterocycles. The van der Waals surface area contributed by atoms with Crippen molar-refractivity contribution >= 4 is 11.6 Å². The number of aromatic hydroxyl groups is 1. The molecule has 0 saturated heterocycles. The van der Waals surface area contributed by atoms with E-state index < -0.39 is 40.6 Å². The maximum atomic E-state index is 14.0. The van der Waals surface area contributed by atoms with Gasteiger partial charge in [0.05, 0.1) is 23.5 Å². The number of rotatable bonds is 6. The van der Waals surface area contributed by atoms with Crippen molar-refractivity contribution in [3.05, 3.63) is 86.9 Å². The third-order valence-corrected chi connectivity index (χ3v) is 5.97. The molecule has 0 aliphatic rings. The number of benzene rings is 1. The lowest BCUT2D eigenvalue weighted by molar-refractivity contribution is 0.101. The maximum absolute atomic E-state index is 14.0. The molecule has 2 atom stereocenters. The van der Waals surface area contributed by atoms with Crippen LogP contribution in [0.5, 0.6) is 5.75 Å². The number of aromatic nitrogens is 5. The zero-order valence-electron chi connectivity index (χ0n) is 19.9. The van der Waals surface area contributed by atoms with E-state index in [2.05, 4.69) is 25.1 Å². The van der Waals surface area contributed by atoms with Gasteiger partial charge in [0.1, 0.15) is 23.6 Å². The summed E-state index contributed by atoms with van der Waals surface area (Å²) in [6.07, 6.45) is 4.20. The van der Waals surface area contributed by atoms with E-state index >= 15 is 0 Å². The minimum Gasteiger partial charge on any atom is -0.501 e. The van der Waals surface area contributed by atoms with Gasteiger partial charge in [-0.05, 0) is 24.6 Å². The fourth-order valence-corrected chi connectivity index (χ4v) is 4.30. The number of hydrogen-bond donors (Lipinski definition) is 2. The van der Waals surface area contributed by atoms with Crippen LogP contribution in [0.2, 0.25) is 0 Å². The molecule has 12 heteroatoms. The highest BCUT2D eigenvalue weighted by Crippen LogP contribution is 2.40. The van der Waals surface area contributed by atoms with Crippen molar-refractivity contribution in [3.63, 3.8) is 0 Å². The molecule has 0 unspecified atom stereocenters. The summed E-state index contributed by atoms with van der Waals surface area (Å²) in [5, 5.41) is 30.5. The average molecular weight is 491 g/mol. The van der Waals surface area contributed by atoms with E-state index in [4.69, 9.17) is 0 Å². The number of nitrogens with one attached hydrogen (secondary N) is 1. The van der Waals surface area contributed by atoms with Crippen LogP contribution in [0.15, 0.2) is 46.2 Å². The highest BCUT2D eigenvalue weighted by Gasteiger charge is 2.32. The number of hydrogen-bond acceptors (Lipinski definition) is 8. The molecule has 0 aliphatic carbocycles. The number of aryl methyl sites for hydroxylation is 2. The summed E-state index contributed by atoms with van der Waals surface area (Å²) in [6.45, 7) is 3.56. The Bertz CT molecular complexity index is 1550. The molecular formula is C24H22FN7O4. The predicted octanol–water partition coefficient (Wildman–Crippen LogP) is 2.71. The first kappa shape index (κ1) is 24.3. The molecule has 0 radical (unpaired) electrons. The maximum Gasteiger partial charge on any atom is 0.296 e. The first-order valence-electron chi connectivity index (χ1n) is 10.8. The Labute approximate surface area is 204 Å². The zero-order valence-corrected chi connectivity index (χ0v) is 19.9. The van der Waals surface area contributed by atoms with Gasteiger partial charge in [0.15, 0.2) is 5.69 Å². The van der Waals surface area contributed by atoms with E-state index in [-0.39, 0.29) is 17.1 Å². The summed E-state index contributed by atoms with van der Waals surface area (Å²) in [5.41, 5.74) is 0.906. The van der Waals surface area contributed by atoms with Crippen molar-refractivity contribution in [1.29, 1.82) is 5.26 Å². The highest BCUT2D eigenvalue weighted by molar-refractivity contribution is 6.04. The monoisotopic (exact) mass is 491 g/mol. The second-order valence-corrected chi connectivity index (χ2v) is 8.35. The van der Waals surface area contributed by atoms with Crippen LogP contribution in [-0.4, -0.2) is 35.5 Å². The van der Waals surface area contributed by atoms with E-state index in [0.717, 1.165) is 16.2 Å². The van der Waals surface area contributed by atoms with Crippen LogP contribution >= 0.6 is 0 Å². The van der Waals surface area contributed by atoms with Crippen LogP contribution in [0.25, 0.3) is 0 Å². The van der Waals surface area contributed by atoms with Crippen molar-refractivity contribution in [2.45, 2.75) is 25.7 Å². The van der Waals surface area contributed by atoms with E-state index in [0.29, 0.717) is 11.3 Å². The number of carbonyl (C=O) groups excluding carboxylic acids is 1. The lowest BCUT2D eigenvalue weighted by Crippen LogP contribution is -2.29. The van der Waals surface area contributed by atoms with E-state index in [1.807, 2.05) is 6.07 Å². The molecule has 2 N–H and O–H groups in total. The second kappa shape index (κ2) is 9.46. The van der Waals surface area contributed by atoms with Crippen molar-refractivity contribution in [1.82, 2.24) is 24.5 Å². The number of nitriles is 1. The summed E-state index contributed by atoms with van der Waals surface area (Å²) >= 11 is 0. The van der Waals surface area contributed by atoms with E-state index in [1.54, 1.807) is 31.8 Å². The molecule has 1 aromatic carbocycles. The van der Waals surface area contributed by atoms with Gasteiger partial charge in [-0.1, -0.05) is 18.1 Å². The molecule has 4 rings (SSSR count). The Kier molecular flexibility index (Phi) is 6.39. The minimum absolute atomic E-state index is 0.115. The third-order valence-electron chi connectivity index (χ3n) is 5.97. The van der Waals surface area contributed by atoms with Crippen LogP contribution in [0, 0.1) is 24.1 Å². The number of nitrogens with zero attached hydrogens (tertiary/aromatic N) is 6. The lowest BCUT2D eigenvalue weighted by Gasteiger charge is -2.26. The SMILES string of the molecule is Cc1nn(C)cc1[C@H](c1ccc(F)cc1C#N)[C@@H](C)c1nc(C(=O)Nc2cnoc2)c(O)c(=O)n1C. The minimum atomic E-state index is -0.838. The molecule has 0 saturated carbocycles. The van der Waals surface area contributed by atoms with Crippen LogP contribution in [0.3, 0.4) is 0 Å². The van der Waals surface area contributed by atoms with Gasteiger partial charge in [-0.25, -0.2) is 9.37 Å². The van der Waals surface area contributed by atoms with Crippen LogP contribution in [-0.2, 0) is 14.1 Å². The highest BCUT2D eigenvalue weighted by atomic mass is 19.1. The van der Waals surface area contributed by atoms with Gasteiger partial charge in [0, 0.05) is 37.7 Å². The van der Waals surface area contributed by atoms with Gasteiger partial charge < -0.3 is 14.9 Å². The quantitative estimate of drug-likeness (QED) is 0.418. The number of anilines is 1. The van der Waals surface area contributed by atoms with Crippen LogP contribution < -0.4 is 10.9 Å². The van der Waals surface area contributed by atoms with Crippen molar-refractivity contribution in [2.75, 3.05) is 5.32 Å². The summed E-state index contributed by atoms with van der Waals surface area (Å²) in [5.74, 6) is -3.27. The van der Waals surface area contributed by atoms with Crippen LogP contribution in [0.4, 0.5) is 10.1 Å². The molecule has 0 bridgehead atoms. The molecule has 0 fully saturated rings. The smallest absolute Gasteiger partial charge is 0.296 e. The van der Waals surface area contributed by atoms with Gasteiger partial charge in [-0.3, -0.25) is 18.8 Å². The molecule has 0 spiro atoms. The summed E-state index contributed by atoms with van der Waals surface area (Å²) in [7, 11) is 3.17. The number of amides is 1. The summed E-state index contributed by atoms with van der Waals surface area (Å²) in [6, 6.07) is 5.94. The Morgan fingerprint density at radius 2 is 2.06 bits per heavy atom. The Balaban J connectivity index is 1.90. The topological polar surface area (TPSA) is 152 Å². The van der Waals surface area contributed by atoms with Crippen molar-refractivity contribution in [2.24, 2.45) is 14.1 Å². The molecule has 11 nitrogen and oxygen atoms in total. The van der Waals surface area contributed by atoms with Gasteiger partial charge in [-0.15, -0.1) is 0 Å². The molecule has 36 heavy (non-hydrogen) atoms. The first-order valence-corrected chi connectivity index (χ1v) is 10.8. The van der Waals surface area contributed by atoms with Crippen molar-refractivity contribution in [3.8, 4) is 11.8 Å². The summed E-state index contributed by atoms with van der Waals surface area (Å²) < 4.78 is 21.4. The Morgan fingerprint density at radius 3 is 2.67 bits per heavy atom. The molecule has 0 aliphatic heterocycles. The lowest BCUT2D eigenvalue weighted by atomic mass is 9.79. The molecule has 184 valence electrons. The zero-order chi connectivity index (χ0) is 26.1. The number of halogens is 1. The normalized spacial score (nSPS) is 12.7.